The monoisotopic (exact) mass is 355 g/mol. The number of hydrogen-bond donors (Lipinski definition) is 1. The van der Waals surface area contributed by atoms with Gasteiger partial charge in [-0.2, -0.15) is 0 Å². The van der Waals surface area contributed by atoms with Gasteiger partial charge in [-0.05, 0) is 30.7 Å². The number of aryl methyl sites for hydroxylation is 1. The number of nitrogens with one attached hydrogen (secondary N) is 1. The van der Waals surface area contributed by atoms with Gasteiger partial charge in [0.1, 0.15) is 0 Å². The summed E-state index contributed by atoms with van der Waals surface area (Å²) in [5, 5.41) is 4.08. The minimum atomic E-state index is 0.0743. The molecule has 1 saturated carbocycles. The minimum absolute atomic E-state index is 0.0743. The quantitative estimate of drug-likeness (QED) is 0.475. The number of hydrogen-bond acceptors (Lipinski definition) is 4. The fraction of sp³-hybridized carbons (Fsp3) is 0.476. The fourth-order valence-electron chi connectivity index (χ4n) is 3.58. The highest BCUT2D eigenvalue weighted by Crippen LogP contribution is 2.28. The van der Waals surface area contributed by atoms with Crippen molar-refractivity contribution in [2.45, 2.75) is 58.3 Å². The molecule has 3 rings (SSSR count). The van der Waals surface area contributed by atoms with E-state index < -0.39 is 0 Å². The summed E-state index contributed by atoms with van der Waals surface area (Å²) < 4.78 is 0. The van der Waals surface area contributed by atoms with Crippen LogP contribution in [0.25, 0.3) is 0 Å². The molecule has 1 aliphatic rings. The van der Waals surface area contributed by atoms with Crippen LogP contribution in [-0.2, 0) is 6.42 Å². The van der Waals surface area contributed by atoms with Gasteiger partial charge in [0.05, 0.1) is 11.1 Å². The first-order valence-electron chi connectivity index (χ1n) is 9.44. The number of anilines is 1. The molecule has 1 aromatic heterocycles. The van der Waals surface area contributed by atoms with E-state index in [1.165, 1.54) is 49.9 Å². The van der Waals surface area contributed by atoms with Crippen LogP contribution in [0, 0.1) is 12.5 Å². The Morgan fingerprint density at radius 1 is 1.28 bits per heavy atom. The molecular formula is C21H27N2OS. The molecule has 1 N–H and O–H groups in total. The smallest absolute Gasteiger partial charge is 0.204 e. The Morgan fingerprint density at radius 2 is 2.08 bits per heavy atom. The molecule has 1 fully saturated rings. The molecule has 1 aromatic carbocycles. The Bertz CT molecular complexity index is 689. The minimum Gasteiger partial charge on any atom is -0.357 e. The van der Waals surface area contributed by atoms with Crippen molar-refractivity contribution in [1.82, 2.24) is 4.98 Å². The van der Waals surface area contributed by atoms with E-state index in [-0.39, 0.29) is 5.78 Å². The third kappa shape index (κ3) is 4.91. The molecule has 133 valence electrons. The van der Waals surface area contributed by atoms with Crippen molar-refractivity contribution in [3.05, 3.63) is 53.0 Å². The van der Waals surface area contributed by atoms with Gasteiger partial charge in [0.2, 0.25) is 5.78 Å². The summed E-state index contributed by atoms with van der Waals surface area (Å²) in [4.78, 5) is 17.8. The van der Waals surface area contributed by atoms with E-state index in [1.54, 1.807) is 6.20 Å². The third-order valence-corrected chi connectivity index (χ3v) is 5.97. The molecule has 0 aliphatic heterocycles. The maximum atomic E-state index is 12.7. The van der Waals surface area contributed by atoms with E-state index in [0.717, 1.165) is 35.0 Å². The molecule has 1 aliphatic carbocycles. The number of rotatable bonds is 8. The Morgan fingerprint density at radius 3 is 2.88 bits per heavy atom. The number of benzene rings is 1. The van der Waals surface area contributed by atoms with Gasteiger partial charge in [0.25, 0.3) is 0 Å². The summed E-state index contributed by atoms with van der Waals surface area (Å²) in [6.45, 7) is 4.18. The van der Waals surface area contributed by atoms with Gasteiger partial charge >= 0.3 is 0 Å². The second kappa shape index (κ2) is 9.14. The highest BCUT2D eigenvalue weighted by Gasteiger charge is 2.16. The van der Waals surface area contributed by atoms with E-state index >= 15 is 0 Å². The van der Waals surface area contributed by atoms with E-state index in [4.69, 9.17) is 0 Å². The van der Waals surface area contributed by atoms with Gasteiger partial charge in [0.15, 0.2) is 5.13 Å². The maximum Gasteiger partial charge on any atom is 0.204 e. The number of carbonyl (C=O) groups excluding carboxylic acids is 1. The predicted octanol–water partition coefficient (Wildman–Crippen LogP) is 5.87. The molecule has 0 amide bonds. The summed E-state index contributed by atoms with van der Waals surface area (Å²) in [5.74, 6) is 0.969. The van der Waals surface area contributed by atoms with Crippen LogP contribution >= 0.6 is 11.3 Å². The van der Waals surface area contributed by atoms with Gasteiger partial charge in [-0.25, -0.2) is 4.98 Å². The van der Waals surface area contributed by atoms with E-state index in [9.17, 15) is 4.79 Å². The number of carbonyl (C=O) groups is 1. The van der Waals surface area contributed by atoms with Crippen molar-refractivity contribution in [3.63, 3.8) is 0 Å². The first-order chi connectivity index (χ1) is 12.3. The summed E-state index contributed by atoms with van der Waals surface area (Å²) in [7, 11) is 0. The van der Waals surface area contributed by atoms with Crippen LogP contribution in [0.5, 0.6) is 0 Å². The SMILES string of the molecule is CCc1ccccc1C(=O)c1cnc(N[CH]CCC2CCCCC2)s1. The third-order valence-electron chi connectivity index (χ3n) is 5.04. The maximum absolute atomic E-state index is 12.7. The zero-order valence-corrected chi connectivity index (χ0v) is 15.8. The Balaban J connectivity index is 1.50. The standard InChI is InChI=1S/C21H27N2OS/c1-2-17-12-6-7-13-18(17)20(24)19-15-23-21(25-19)22-14-8-11-16-9-4-3-5-10-16/h6-7,12-16H,2-5,8-11H2,1H3,(H,22,23). The Labute approximate surface area is 154 Å². The van der Waals surface area contributed by atoms with Gasteiger partial charge in [-0.1, -0.05) is 74.6 Å². The molecule has 1 radical (unpaired) electrons. The first kappa shape index (κ1) is 18.1. The normalized spacial score (nSPS) is 15.2. The van der Waals surface area contributed by atoms with Crippen LogP contribution in [0.2, 0.25) is 0 Å². The first-order valence-corrected chi connectivity index (χ1v) is 10.3. The Kier molecular flexibility index (Phi) is 6.62. The average Bonchev–Trinajstić information content (AvgIpc) is 3.14. The van der Waals surface area contributed by atoms with Crippen molar-refractivity contribution in [2.24, 2.45) is 5.92 Å². The lowest BCUT2D eigenvalue weighted by molar-refractivity contribution is 0.104. The predicted molar refractivity (Wildman–Crippen MR) is 105 cm³/mol. The molecule has 2 aromatic rings. The molecule has 0 spiro atoms. The summed E-state index contributed by atoms with van der Waals surface area (Å²) in [5.41, 5.74) is 1.89. The van der Waals surface area contributed by atoms with Gasteiger partial charge in [0, 0.05) is 12.1 Å². The second-order valence-corrected chi connectivity index (χ2v) is 7.83. The lowest BCUT2D eigenvalue weighted by Gasteiger charge is -2.21. The van der Waals surface area contributed by atoms with E-state index in [0.29, 0.717) is 4.88 Å². The molecule has 0 atom stereocenters. The number of ketones is 1. The van der Waals surface area contributed by atoms with Gasteiger partial charge < -0.3 is 5.32 Å². The molecule has 0 saturated heterocycles. The number of thiazole rings is 1. The van der Waals surface area contributed by atoms with Crippen LogP contribution < -0.4 is 5.32 Å². The zero-order valence-electron chi connectivity index (χ0n) is 15.0. The van der Waals surface area contributed by atoms with Crippen LogP contribution in [-0.4, -0.2) is 10.8 Å². The topological polar surface area (TPSA) is 42.0 Å². The second-order valence-electron chi connectivity index (χ2n) is 6.80. The van der Waals surface area contributed by atoms with Crippen LogP contribution in [0.3, 0.4) is 0 Å². The lowest BCUT2D eigenvalue weighted by Crippen LogP contribution is -2.07. The van der Waals surface area contributed by atoms with Crippen LogP contribution in [0.4, 0.5) is 5.13 Å². The van der Waals surface area contributed by atoms with Crippen molar-refractivity contribution in [2.75, 3.05) is 5.32 Å². The fourth-order valence-corrected chi connectivity index (χ4v) is 4.35. The van der Waals surface area contributed by atoms with E-state index in [2.05, 4.69) is 23.8 Å². The highest BCUT2D eigenvalue weighted by molar-refractivity contribution is 7.17. The molecule has 0 unspecified atom stereocenters. The summed E-state index contributed by atoms with van der Waals surface area (Å²) in [6.07, 6.45) is 11.9. The van der Waals surface area contributed by atoms with Crippen molar-refractivity contribution < 1.29 is 4.79 Å². The van der Waals surface area contributed by atoms with Crippen molar-refractivity contribution in [1.29, 1.82) is 0 Å². The molecule has 0 bridgehead atoms. The molecular weight excluding hydrogens is 328 g/mol. The average molecular weight is 356 g/mol. The lowest BCUT2D eigenvalue weighted by atomic mass is 9.86. The molecule has 25 heavy (non-hydrogen) atoms. The summed E-state index contributed by atoms with van der Waals surface area (Å²) >= 11 is 1.44. The largest absolute Gasteiger partial charge is 0.357 e. The number of aromatic nitrogens is 1. The molecule has 3 nitrogen and oxygen atoms in total. The summed E-state index contributed by atoms with van der Waals surface area (Å²) in [6, 6.07) is 7.83. The zero-order chi connectivity index (χ0) is 17.5. The number of nitrogens with zero attached hydrogens (tertiary/aromatic N) is 1. The van der Waals surface area contributed by atoms with Crippen molar-refractivity contribution >= 4 is 22.3 Å². The Hall–Kier alpha value is -1.68. The van der Waals surface area contributed by atoms with Crippen LogP contribution in [0.1, 0.15) is 72.7 Å². The highest BCUT2D eigenvalue weighted by atomic mass is 32.1. The molecule has 4 heteroatoms. The van der Waals surface area contributed by atoms with Gasteiger partial charge in [-0.3, -0.25) is 4.79 Å². The van der Waals surface area contributed by atoms with Crippen LogP contribution in [0.15, 0.2) is 30.5 Å². The van der Waals surface area contributed by atoms with E-state index in [1.807, 2.05) is 24.3 Å². The van der Waals surface area contributed by atoms with Gasteiger partial charge in [-0.15, -0.1) is 0 Å². The van der Waals surface area contributed by atoms with Crippen molar-refractivity contribution in [3.8, 4) is 0 Å². The molecule has 1 heterocycles.